The van der Waals surface area contributed by atoms with Crippen molar-refractivity contribution in [3.05, 3.63) is 0 Å². The van der Waals surface area contributed by atoms with E-state index in [2.05, 4.69) is 15.1 Å². The van der Waals surface area contributed by atoms with Gasteiger partial charge in [0, 0.05) is 44.8 Å². The molecule has 0 spiro atoms. The molecule has 1 atom stereocenters. The van der Waals surface area contributed by atoms with Crippen LogP contribution < -0.4 is 5.32 Å². The summed E-state index contributed by atoms with van der Waals surface area (Å²) in [5, 5.41) is 3.06. The lowest BCUT2D eigenvalue weighted by molar-refractivity contribution is -0.140. The highest BCUT2D eigenvalue weighted by molar-refractivity contribution is 5.82. The number of nitrogens with zero attached hydrogens (tertiary/aromatic N) is 3. The molecule has 0 bridgehead atoms. The standard InChI is InChI=1S/C21H38N4O2/c1-21(2,3)22-20(27)25-15-13-23(14-16-25)18(17-9-5-6-10-17)19(26)24-11-7-4-8-12-24/h17-18H,4-16H2,1-3H3,(H,22,27). The Morgan fingerprint density at radius 1 is 0.815 bits per heavy atom. The molecule has 27 heavy (non-hydrogen) atoms. The number of hydrogen-bond donors (Lipinski definition) is 1. The third-order valence-electron chi connectivity index (χ3n) is 6.24. The van der Waals surface area contributed by atoms with Gasteiger partial charge in [-0.05, 0) is 58.8 Å². The van der Waals surface area contributed by atoms with E-state index in [0.29, 0.717) is 24.9 Å². The fraction of sp³-hybridized carbons (Fsp3) is 0.905. The van der Waals surface area contributed by atoms with Gasteiger partial charge in [0.15, 0.2) is 0 Å². The number of likely N-dealkylation sites (tertiary alicyclic amines) is 1. The van der Waals surface area contributed by atoms with Crippen molar-refractivity contribution in [2.45, 2.75) is 77.3 Å². The van der Waals surface area contributed by atoms with Gasteiger partial charge in [-0.1, -0.05) is 12.8 Å². The van der Waals surface area contributed by atoms with Crippen LogP contribution in [0.3, 0.4) is 0 Å². The molecule has 0 radical (unpaired) electrons. The van der Waals surface area contributed by atoms with E-state index in [-0.39, 0.29) is 17.6 Å². The Morgan fingerprint density at radius 3 is 1.96 bits per heavy atom. The molecule has 3 amide bonds. The molecule has 6 nitrogen and oxygen atoms in total. The van der Waals surface area contributed by atoms with Crippen LogP contribution in [-0.2, 0) is 4.79 Å². The van der Waals surface area contributed by atoms with Gasteiger partial charge in [-0.15, -0.1) is 0 Å². The van der Waals surface area contributed by atoms with E-state index >= 15 is 0 Å². The number of hydrogen-bond acceptors (Lipinski definition) is 3. The second kappa shape index (κ2) is 8.80. The van der Waals surface area contributed by atoms with Crippen LogP contribution in [0, 0.1) is 5.92 Å². The van der Waals surface area contributed by atoms with E-state index < -0.39 is 0 Å². The lowest BCUT2D eigenvalue weighted by atomic mass is 9.93. The first-order chi connectivity index (χ1) is 12.8. The second-order valence-electron chi connectivity index (χ2n) is 9.58. The fourth-order valence-corrected chi connectivity index (χ4v) is 4.83. The molecule has 0 aromatic heterocycles. The maximum absolute atomic E-state index is 13.4. The number of piperazine rings is 1. The minimum Gasteiger partial charge on any atom is -0.341 e. The van der Waals surface area contributed by atoms with E-state index in [4.69, 9.17) is 0 Å². The predicted octanol–water partition coefficient (Wildman–Crippen LogP) is 2.68. The van der Waals surface area contributed by atoms with Gasteiger partial charge in [0.1, 0.15) is 0 Å². The fourth-order valence-electron chi connectivity index (χ4n) is 4.83. The minimum absolute atomic E-state index is 0.0157. The van der Waals surface area contributed by atoms with E-state index in [1.165, 1.54) is 32.1 Å². The number of rotatable bonds is 3. The summed E-state index contributed by atoms with van der Waals surface area (Å²) in [4.78, 5) is 32.2. The zero-order valence-electron chi connectivity index (χ0n) is 17.5. The van der Waals surface area contributed by atoms with Crippen molar-refractivity contribution >= 4 is 11.9 Å². The SMILES string of the molecule is CC(C)(C)NC(=O)N1CCN(C(C(=O)N2CCCCC2)C2CCCC2)CC1. The van der Waals surface area contributed by atoms with Gasteiger partial charge in [0.2, 0.25) is 5.91 Å². The Hall–Kier alpha value is -1.30. The molecule has 1 unspecified atom stereocenters. The summed E-state index contributed by atoms with van der Waals surface area (Å²) in [6, 6.07) is 0.0420. The summed E-state index contributed by atoms with van der Waals surface area (Å²) >= 11 is 0. The van der Waals surface area contributed by atoms with Crippen molar-refractivity contribution in [3.63, 3.8) is 0 Å². The van der Waals surface area contributed by atoms with Crippen molar-refractivity contribution in [1.82, 2.24) is 20.0 Å². The summed E-state index contributed by atoms with van der Waals surface area (Å²) in [5.41, 5.74) is -0.217. The van der Waals surface area contributed by atoms with Crippen LogP contribution in [0.1, 0.15) is 65.7 Å². The van der Waals surface area contributed by atoms with Gasteiger partial charge < -0.3 is 15.1 Å². The second-order valence-corrected chi connectivity index (χ2v) is 9.58. The molecule has 154 valence electrons. The smallest absolute Gasteiger partial charge is 0.317 e. The van der Waals surface area contributed by atoms with Crippen molar-refractivity contribution in [2.75, 3.05) is 39.3 Å². The van der Waals surface area contributed by atoms with Gasteiger partial charge in [-0.25, -0.2) is 4.79 Å². The number of urea groups is 1. The van der Waals surface area contributed by atoms with Gasteiger partial charge in [-0.2, -0.15) is 0 Å². The predicted molar refractivity (Wildman–Crippen MR) is 108 cm³/mol. The number of piperidine rings is 1. The molecule has 3 aliphatic rings. The Kier molecular flexibility index (Phi) is 6.66. The molecule has 1 saturated carbocycles. The first kappa shape index (κ1) is 20.4. The molecule has 0 aromatic carbocycles. The quantitative estimate of drug-likeness (QED) is 0.821. The molecule has 2 aliphatic heterocycles. The van der Waals surface area contributed by atoms with Gasteiger partial charge in [0.05, 0.1) is 6.04 Å². The largest absolute Gasteiger partial charge is 0.341 e. The monoisotopic (exact) mass is 378 g/mol. The average molecular weight is 379 g/mol. The van der Waals surface area contributed by atoms with E-state index in [0.717, 1.165) is 39.0 Å². The van der Waals surface area contributed by atoms with Crippen molar-refractivity contribution in [1.29, 1.82) is 0 Å². The molecular formula is C21H38N4O2. The van der Waals surface area contributed by atoms with Crippen molar-refractivity contribution in [3.8, 4) is 0 Å². The van der Waals surface area contributed by atoms with Crippen LogP contribution in [0.2, 0.25) is 0 Å². The summed E-state index contributed by atoms with van der Waals surface area (Å²) < 4.78 is 0. The molecule has 2 saturated heterocycles. The van der Waals surface area contributed by atoms with Crippen LogP contribution in [0.25, 0.3) is 0 Å². The summed E-state index contributed by atoms with van der Waals surface area (Å²) in [7, 11) is 0. The molecular weight excluding hydrogens is 340 g/mol. The third kappa shape index (κ3) is 5.37. The highest BCUT2D eigenvalue weighted by Gasteiger charge is 2.39. The third-order valence-corrected chi connectivity index (χ3v) is 6.24. The Bertz CT molecular complexity index is 511. The zero-order valence-corrected chi connectivity index (χ0v) is 17.5. The van der Waals surface area contributed by atoms with Gasteiger partial charge in [0.25, 0.3) is 0 Å². The van der Waals surface area contributed by atoms with Crippen LogP contribution >= 0.6 is 0 Å². The molecule has 1 N–H and O–H groups in total. The molecule has 2 heterocycles. The van der Waals surface area contributed by atoms with Crippen molar-refractivity contribution < 1.29 is 9.59 Å². The van der Waals surface area contributed by atoms with E-state index in [1.807, 2.05) is 25.7 Å². The lowest BCUT2D eigenvalue weighted by Crippen LogP contribution is -2.60. The summed E-state index contributed by atoms with van der Waals surface area (Å²) in [6.45, 7) is 10.9. The Balaban J connectivity index is 1.62. The zero-order chi connectivity index (χ0) is 19.4. The summed E-state index contributed by atoms with van der Waals surface area (Å²) in [5.74, 6) is 0.851. The maximum atomic E-state index is 13.4. The average Bonchev–Trinajstić information content (AvgIpc) is 3.16. The molecule has 3 rings (SSSR count). The van der Waals surface area contributed by atoms with Crippen LogP contribution in [0.4, 0.5) is 4.79 Å². The minimum atomic E-state index is -0.217. The van der Waals surface area contributed by atoms with Crippen LogP contribution in [-0.4, -0.2) is 77.5 Å². The van der Waals surface area contributed by atoms with Gasteiger partial charge in [-0.3, -0.25) is 9.69 Å². The number of carbonyl (C=O) groups excluding carboxylic acids is 2. The van der Waals surface area contributed by atoms with Crippen LogP contribution in [0.5, 0.6) is 0 Å². The number of carbonyl (C=O) groups is 2. The lowest BCUT2D eigenvalue weighted by Gasteiger charge is -2.43. The summed E-state index contributed by atoms with van der Waals surface area (Å²) in [6.07, 6.45) is 8.39. The van der Waals surface area contributed by atoms with Gasteiger partial charge >= 0.3 is 6.03 Å². The Morgan fingerprint density at radius 2 is 1.41 bits per heavy atom. The first-order valence-electron chi connectivity index (χ1n) is 10.9. The maximum Gasteiger partial charge on any atom is 0.317 e. The van der Waals surface area contributed by atoms with Crippen LogP contribution in [0.15, 0.2) is 0 Å². The highest BCUT2D eigenvalue weighted by atomic mass is 16.2. The molecule has 3 fully saturated rings. The normalized spacial score (nSPS) is 24.1. The van der Waals surface area contributed by atoms with E-state index in [9.17, 15) is 9.59 Å². The van der Waals surface area contributed by atoms with Crippen molar-refractivity contribution in [2.24, 2.45) is 5.92 Å². The van der Waals surface area contributed by atoms with E-state index in [1.54, 1.807) is 0 Å². The molecule has 6 heteroatoms. The first-order valence-corrected chi connectivity index (χ1v) is 10.9. The number of nitrogens with one attached hydrogen (secondary N) is 1. The number of amides is 3. The molecule has 1 aliphatic carbocycles. The topological polar surface area (TPSA) is 55.9 Å². The molecule has 0 aromatic rings. The Labute approximate surface area is 164 Å². The highest BCUT2D eigenvalue weighted by Crippen LogP contribution is 2.32.